The summed E-state index contributed by atoms with van der Waals surface area (Å²) in [5.41, 5.74) is 1.89. The van der Waals surface area contributed by atoms with E-state index in [0.717, 1.165) is 30.0 Å². The highest BCUT2D eigenvalue weighted by Gasteiger charge is 2.24. The lowest BCUT2D eigenvalue weighted by atomic mass is 10.2. The average Bonchev–Trinajstić information content (AvgIpc) is 3.62. The Morgan fingerprint density at radius 2 is 1.70 bits per heavy atom. The lowest BCUT2D eigenvalue weighted by Gasteiger charge is -2.31. The first-order valence-corrected chi connectivity index (χ1v) is 13.6. The number of hydrogen-bond acceptors (Lipinski definition) is 7. The SMILES string of the molecule is Cc1ccc(CN(Cc2ccc3c(c2)OCO3)C(=O)CN(CCN2CCOCC2)C(=O)NCc2ccccc2)o1. The number of rotatable bonds is 11. The summed E-state index contributed by atoms with van der Waals surface area (Å²) >= 11 is 0. The Morgan fingerprint density at radius 3 is 2.48 bits per heavy atom. The summed E-state index contributed by atoms with van der Waals surface area (Å²) in [7, 11) is 0. The first-order valence-electron chi connectivity index (χ1n) is 13.6. The van der Waals surface area contributed by atoms with Gasteiger partial charge in [-0.1, -0.05) is 36.4 Å². The van der Waals surface area contributed by atoms with Gasteiger partial charge in [-0.05, 0) is 42.3 Å². The van der Waals surface area contributed by atoms with Gasteiger partial charge >= 0.3 is 6.03 Å². The molecule has 0 saturated carbocycles. The third-order valence-corrected chi connectivity index (χ3v) is 7.00. The fourth-order valence-electron chi connectivity index (χ4n) is 4.74. The number of carbonyl (C=O) groups is 2. The maximum absolute atomic E-state index is 13.8. The first kappa shape index (κ1) is 27.5. The largest absolute Gasteiger partial charge is 0.464 e. The Labute approximate surface area is 234 Å². The molecule has 3 aromatic rings. The monoisotopic (exact) mass is 548 g/mol. The molecule has 3 amide bonds. The molecule has 1 fully saturated rings. The van der Waals surface area contributed by atoms with Crippen LogP contribution >= 0.6 is 0 Å². The molecule has 2 aliphatic heterocycles. The van der Waals surface area contributed by atoms with Gasteiger partial charge in [-0.25, -0.2) is 4.79 Å². The molecule has 5 rings (SSSR count). The van der Waals surface area contributed by atoms with Gasteiger partial charge in [0.25, 0.3) is 0 Å². The molecule has 2 aromatic carbocycles. The van der Waals surface area contributed by atoms with E-state index < -0.39 is 0 Å². The molecule has 0 radical (unpaired) electrons. The van der Waals surface area contributed by atoms with E-state index >= 15 is 0 Å². The highest BCUT2D eigenvalue weighted by Crippen LogP contribution is 2.33. The van der Waals surface area contributed by atoms with Crippen molar-refractivity contribution in [1.82, 2.24) is 20.0 Å². The third-order valence-electron chi connectivity index (χ3n) is 7.00. The highest BCUT2D eigenvalue weighted by molar-refractivity contribution is 5.84. The van der Waals surface area contributed by atoms with Gasteiger partial charge < -0.3 is 33.7 Å². The van der Waals surface area contributed by atoms with Crippen LogP contribution in [0.2, 0.25) is 0 Å². The summed E-state index contributed by atoms with van der Waals surface area (Å²) in [6.45, 7) is 7.03. The van der Waals surface area contributed by atoms with Crippen LogP contribution in [0.3, 0.4) is 0 Å². The van der Waals surface area contributed by atoms with E-state index in [1.165, 1.54) is 0 Å². The van der Waals surface area contributed by atoms with Crippen molar-refractivity contribution in [3.63, 3.8) is 0 Å². The number of urea groups is 1. The molecule has 0 bridgehead atoms. The lowest BCUT2D eigenvalue weighted by Crippen LogP contribution is -2.49. The standard InChI is InChI=1S/C30H36N4O6/c1-23-7-9-26(40-23)20-34(19-25-8-10-27-28(17-25)39-22-38-27)29(35)21-33(12-11-32-13-15-37-16-14-32)30(36)31-18-24-5-3-2-4-6-24/h2-10,17H,11-16,18-22H2,1H3,(H,31,36). The van der Waals surface area contributed by atoms with Crippen LogP contribution in [0.25, 0.3) is 0 Å². The average molecular weight is 549 g/mol. The summed E-state index contributed by atoms with van der Waals surface area (Å²) in [6.07, 6.45) is 0. The van der Waals surface area contributed by atoms with Gasteiger partial charge in [0.05, 0.1) is 19.8 Å². The molecular formula is C30H36N4O6. The molecule has 1 aromatic heterocycles. The van der Waals surface area contributed by atoms with Gasteiger partial charge in [0.15, 0.2) is 11.5 Å². The van der Waals surface area contributed by atoms with E-state index in [-0.39, 0.29) is 31.8 Å². The summed E-state index contributed by atoms with van der Waals surface area (Å²) in [5.74, 6) is 2.63. The van der Waals surface area contributed by atoms with E-state index in [1.54, 1.807) is 9.80 Å². The minimum Gasteiger partial charge on any atom is -0.464 e. The Kier molecular flexibility index (Phi) is 9.20. The van der Waals surface area contributed by atoms with E-state index in [9.17, 15) is 9.59 Å². The molecule has 1 N–H and O–H groups in total. The predicted molar refractivity (Wildman–Crippen MR) is 148 cm³/mol. The van der Waals surface area contributed by atoms with Crippen molar-refractivity contribution in [3.05, 3.63) is 83.3 Å². The van der Waals surface area contributed by atoms with Crippen LogP contribution in [0, 0.1) is 6.92 Å². The van der Waals surface area contributed by atoms with Crippen LogP contribution in [0.1, 0.15) is 22.6 Å². The van der Waals surface area contributed by atoms with Crippen LogP contribution < -0.4 is 14.8 Å². The minimum atomic E-state index is -0.276. The maximum Gasteiger partial charge on any atom is 0.318 e. The highest BCUT2D eigenvalue weighted by atomic mass is 16.7. The first-order chi connectivity index (χ1) is 19.5. The Bertz CT molecular complexity index is 1270. The zero-order valence-corrected chi connectivity index (χ0v) is 22.8. The number of amides is 3. The Morgan fingerprint density at radius 1 is 0.900 bits per heavy atom. The number of furan rings is 1. The molecule has 0 atom stereocenters. The van der Waals surface area contributed by atoms with Gasteiger partial charge in [-0.2, -0.15) is 0 Å². The van der Waals surface area contributed by atoms with Crippen LogP contribution in [-0.2, 0) is 29.2 Å². The molecular weight excluding hydrogens is 512 g/mol. The van der Waals surface area contributed by atoms with Crippen LogP contribution in [0.15, 0.2) is 65.1 Å². The van der Waals surface area contributed by atoms with Gasteiger partial charge in [0.2, 0.25) is 12.7 Å². The second-order valence-electron chi connectivity index (χ2n) is 9.97. The zero-order chi connectivity index (χ0) is 27.7. The van der Waals surface area contributed by atoms with Gasteiger partial charge in [-0.15, -0.1) is 0 Å². The number of fused-ring (bicyclic) bond motifs is 1. The normalized spacial score (nSPS) is 14.6. The molecule has 2 aliphatic rings. The second-order valence-corrected chi connectivity index (χ2v) is 9.97. The van der Waals surface area contributed by atoms with E-state index in [1.807, 2.05) is 67.6 Å². The Hall–Kier alpha value is -4.02. The molecule has 10 nitrogen and oxygen atoms in total. The maximum atomic E-state index is 13.8. The molecule has 10 heteroatoms. The molecule has 40 heavy (non-hydrogen) atoms. The molecule has 3 heterocycles. The van der Waals surface area contributed by atoms with Crippen molar-refractivity contribution in [1.29, 1.82) is 0 Å². The van der Waals surface area contributed by atoms with Crippen molar-refractivity contribution in [3.8, 4) is 11.5 Å². The fourth-order valence-corrected chi connectivity index (χ4v) is 4.74. The number of nitrogens with one attached hydrogen (secondary N) is 1. The van der Waals surface area contributed by atoms with Gasteiger partial charge in [0.1, 0.15) is 18.1 Å². The van der Waals surface area contributed by atoms with Crippen LogP contribution in [0.5, 0.6) is 11.5 Å². The van der Waals surface area contributed by atoms with E-state index in [4.69, 9.17) is 18.6 Å². The summed E-state index contributed by atoms with van der Waals surface area (Å²) < 4.78 is 22.2. The number of ether oxygens (including phenoxy) is 3. The van der Waals surface area contributed by atoms with Crippen molar-refractivity contribution in [2.24, 2.45) is 0 Å². The van der Waals surface area contributed by atoms with Gasteiger partial charge in [0, 0.05) is 39.3 Å². The van der Waals surface area contributed by atoms with Crippen LogP contribution in [0.4, 0.5) is 4.79 Å². The Balaban J connectivity index is 1.30. The quantitative estimate of drug-likeness (QED) is 0.392. The number of morpholine rings is 1. The second kappa shape index (κ2) is 13.4. The molecule has 212 valence electrons. The van der Waals surface area contributed by atoms with Crippen molar-refractivity contribution in [2.75, 3.05) is 52.7 Å². The molecule has 0 aliphatic carbocycles. The summed E-state index contributed by atoms with van der Waals surface area (Å²) in [4.78, 5) is 32.7. The van der Waals surface area contributed by atoms with Gasteiger partial charge in [-0.3, -0.25) is 9.69 Å². The summed E-state index contributed by atoms with van der Waals surface area (Å²) in [5, 5.41) is 2.99. The number of carbonyl (C=O) groups excluding carboxylic acids is 2. The minimum absolute atomic E-state index is 0.0603. The smallest absolute Gasteiger partial charge is 0.318 e. The molecule has 1 saturated heterocycles. The number of hydrogen-bond donors (Lipinski definition) is 1. The lowest BCUT2D eigenvalue weighted by molar-refractivity contribution is -0.133. The number of aryl methyl sites for hydroxylation is 1. The topological polar surface area (TPSA) is 96.7 Å². The zero-order valence-electron chi connectivity index (χ0n) is 22.8. The number of nitrogens with zero attached hydrogens (tertiary/aromatic N) is 3. The van der Waals surface area contributed by atoms with E-state index in [2.05, 4.69) is 10.2 Å². The summed E-state index contributed by atoms with van der Waals surface area (Å²) in [6, 6.07) is 18.9. The molecule has 0 spiro atoms. The van der Waals surface area contributed by atoms with Crippen LogP contribution in [-0.4, -0.2) is 79.4 Å². The fraction of sp³-hybridized carbons (Fsp3) is 0.400. The predicted octanol–water partition coefficient (Wildman–Crippen LogP) is 3.39. The number of benzene rings is 2. The van der Waals surface area contributed by atoms with Crippen molar-refractivity contribution in [2.45, 2.75) is 26.6 Å². The van der Waals surface area contributed by atoms with Crippen molar-refractivity contribution >= 4 is 11.9 Å². The van der Waals surface area contributed by atoms with Crippen molar-refractivity contribution < 1.29 is 28.2 Å². The third kappa shape index (κ3) is 7.55. The van der Waals surface area contributed by atoms with E-state index in [0.29, 0.717) is 56.7 Å². The molecule has 0 unspecified atom stereocenters.